The smallest absolute Gasteiger partial charge is 0.513 e. The van der Waals surface area contributed by atoms with Gasteiger partial charge < -0.3 is 19.0 Å². The van der Waals surface area contributed by atoms with Gasteiger partial charge in [0.25, 0.3) is 0 Å². The molecule has 0 saturated carbocycles. The van der Waals surface area contributed by atoms with Crippen LogP contribution >= 0.6 is 7.75 Å². The number of ether oxygens (including phenoxy) is 1. The molecule has 2 unspecified atom stereocenters. The highest BCUT2D eigenvalue weighted by Crippen LogP contribution is 2.45. The number of benzene rings is 2. The lowest BCUT2D eigenvalue weighted by Gasteiger charge is -2.23. The van der Waals surface area contributed by atoms with Crippen molar-refractivity contribution in [3.63, 3.8) is 0 Å². The van der Waals surface area contributed by atoms with Crippen molar-refractivity contribution in [3.8, 4) is 11.5 Å². The minimum atomic E-state index is -4.07. The van der Waals surface area contributed by atoms with E-state index in [9.17, 15) is 14.6 Å². The molecule has 0 aliphatic carbocycles. The maximum absolute atomic E-state index is 13.5. The molecule has 0 spiro atoms. The van der Waals surface area contributed by atoms with E-state index < -0.39 is 25.0 Å². The van der Waals surface area contributed by atoms with E-state index in [1.807, 2.05) is 13.8 Å². The van der Waals surface area contributed by atoms with E-state index in [1.54, 1.807) is 30.3 Å². The van der Waals surface area contributed by atoms with E-state index in [4.69, 9.17) is 19.0 Å². The van der Waals surface area contributed by atoms with Gasteiger partial charge in [0.15, 0.2) is 5.69 Å². The quantitative estimate of drug-likeness (QED) is 0.254. The van der Waals surface area contributed by atoms with Crippen LogP contribution in [0.1, 0.15) is 33.6 Å². The summed E-state index contributed by atoms with van der Waals surface area (Å²) in [6.45, 7) is 5.83. The second-order valence-electron chi connectivity index (χ2n) is 6.99. The fraction of sp³-hybridized carbons (Fsp3) is 0.381. The first kappa shape index (κ1) is 24.8. The highest BCUT2D eigenvalue weighted by Gasteiger charge is 2.34. The zero-order chi connectivity index (χ0) is 22.9. The Morgan fingerprint density at radius 2 is 1.61 bits per heavy atom. The van der Waals surface area contributed by atoms with Gasteiger partial charge in [-0.1, -0.05) is 44.9 Å². The van der Waals surface area contributed by atoms with E-state index in [-0.39, 0.29) is 29.7 Å². The standard InChI is InChI=1S/C21H29N2O7P/c1-4-17(5-2)15-28-21(24)16(3)22-31(27,29-19-9-7-6-8-10-19)30-20-13-11-18(12-14-20)23(25)26/h6-14,16-17,23,25H,4-5,15H2,1-3H3,(H,22,27)/t16-,31?/m0/s1. The second-order valence-corrected chi connectivity index (χ2v) is 8.60. The maximum atomic E-state index is 13.5. The molecule has 0 saturated heterocycles. The minimum Gasteiger partial charge on any atom is -0.595 e. The number of carbonyl (C=O) groups is 1. The van der Waals surface area contributed by atoms with Crippen LogP contribution in [0.2, 0.25) is 0 Å². The van der Waals surface area contributed by atoms with Crippen molar-refractivity contribution >= 4 is 19.4 Å². The molecule has 3 N–H and O–H groups in total. The summed E-state index contributed by atoms with van der Waals surface area (Å²) >= 11 is 0. The van der Waals surface area contributed by atoms with Crippen LogP contribution in [0.15, 0.2) is 54.6 Å². The van der Waals surface area contributed by atoms with Crippen molar-refractivity contribution in [2.45, 2.75) is 39.7 Å². The molecule has 2 aromatic rings. The molecule has 10 heteroatoms. The minimum absolute atomic E-state index is 0.0532. The monoisotopic (exact) mass is 452 g/mol. The van der Waals surface area contributed by atoms with Gasteiger partial charge in [-0.05, 0) is 37.1 Å². The third kappa shape index (κ3) is 7.97. The van der Waals surface area contributed by atoms with Crippen LogP contribution in [0.4, 0.5) is 5.69 Å². The molecule has 0 amide bonds. The van der Waals surface area contributed by atoms with E-state index in [0.29, 0.717) is 0 Å². The molecule has 3 atom stereocenters. The Bertz CT molecular complexity index is 858. The van der Waals surface area contributed by atoms with Crippen molar-refractivity contribution < 1.29 is 33.6 Å². The molecule has 31 heavy (non-hydrogen) atoms. The summed E-state index contributed by atoms with van der Waals surface area (Å²) in [6, 6.07) is 12.8. The van der Waals surface area contributed by atoms with E-state index in [2.05, 4.69) is 5.09 Å². The Balaban J connectivity index is 2.15. The Labute approximate surface area is 182 Å². The van der Waals surface area contributed by atoms with Crippen molar-refractivity contribution in [1.29, 1.82) is 0 Å². The number of hydrogen-bond acceptors (Lipinski definition) is 7. The molecule has 170 valence electrons. The molecule has 0 bridgehead atoms. The maximum Gasteiger partial charge on any atom is 0.513 e. The summed E-state index contributed by atoms with van der Waals surface area (Å²) in [5, 5.41) is 21.6. The Morgan fingerprint density at radius 3 is 2.13 bits per heavy atom. The van der Waals surface area contributed by atoms with E-state index in [1.165, 1.54) is 31.2 Å². The summed E-state index contributed by atoms with van der Waals surface area (Å²) in [4.78, 5) is 12.4. The number of para-hydroxylation sites is 1. The summed E-state index contributed by atoms with van der Waals surface area (Å²) in [6.07, 6.45) is 1.77. The average molecular weight is 452 g/mol. The first-order valence-corrected chi connectivity index (χ1v) is 11.6. The van der Waals surface area contributed by atoms with Gasteiger partial charge in [0.2, 0.25) is 0 Å². The Morgan fingerprint density at radius 1 is 1.06 bits per heavy atom. The van der Waals surface area contributed by atoms with Crippen molar-refractivity contribution in [3.05, 3.63) is 59.8 Å². The Kier molecular flexibility index (Phi) is 9.48. The first-order chi connectivity index (χ1) is 14.8. The first-order valence-electron chi connectivity index (χ1n) is 10.1. The fourth-order valence-electron chi connectivity index (χ4n) is 2.63. The number of rotatable bonds is 12. The second kappa shape index (κ2) is 11.8. The van der Waals surface area contributed by atoms with Crippen molar-refractivity contribution in [2.24, 2.45) is 5.92 Å². The van der Waals surface area contributed by atoms with Gasteiger partial charge in [0, 0.05) is 12.1 Å². The van der Waals surface area contributed by atoms with Crippen LogP contribution < -0.4 is 19.4 Å². The van der Waals surface area contributed by atoms with Gasteiger partial charge in [0.1, 0.15) is 17.5 Å². The highest BCUT2D eigenvalue weighted by molar-refractivity contribution is 7.52. The van der Waals surface area contributed by atoms with E-state index in [0.717, 1.165) is 12.8 Å². The van der Waals surface area contributed by atoms with E-state index >= 15 is 0 Å². The molecule has 2 aromatic carbocycles. The normalized spacial score (nSPS) is 15.0. The summed E-state index contributed by atoms with van der Waals surface area (Å²) < 4.78 is 29.9. The fourth-order valence-corrected chi connectivity index (χ4v) is 4.15. The highest BCUT2D eigenvalue weighted by atomic mass is 31.2. The predicted octanol–water partition coefficient (Wildman–Crippen LogP) is 3.61. The number of carbonyl (C=O) groups excluding carboxylic acids is 1. The third-order valence-electron chi connectivity index (χ3n) is 4.62. The van der Waals surface area contributed by atoms with Crippen molar-refractivity contribution in [2.75, 3.05) is 6.61 Å². The van der Waals surface area contributed by atoms with Gasteiger partial charge in [-0.25, -0.2) is 9.77 Å². The number of hydrogen-bond donors (Lipinski definition) is 3. The molecule has 9 nitrogen and oxygen atoms in total. The molecule has 0 aliphatic rings. The molecule has 0 aliphatic heterocycles. The molecule has 0 heterocycles. The average Bonchev–Trinajstić information content (AvgIpc) is 2.75. The van der Waals surface area contributed by atoms with Crippen LogP contribution in [0.3, 0.4) is 0 Å². The van der Waals surface area contributed by atoms with Gasteiger partial charge in [-0.3, -0.25) is 4.79 Å². The van der Waals surface area contributed by atoms with Gasteiger partial charge in [-0.2, -0.15) is 10.3 Å². The Hall–Kier alpha value is -2.42. The van der Waals surface area contributed by atoms with Gasteiger partial charge in [0.05, 0.1) is 6.61 Å². The zero-order valence-corrected chi connectivity index (χ0v) is 18.7. The van der Waals surface area contributed by atoms with Crippen LogP contribution in [0, 0.1) is 11.1 Å². The van der Waals surface area contributed by atoms with Crippen LogP contribution in [0.25, 0.3) is 0 Å². The van der Waals surface area contributed by atoms with Crippen LogP contribution in [0.5, 0.6) is 11.5 Å². The van der Waals surface area contributed by atoms with Crippen molar-refractivity contribution in [1.82, 2.24) is 5.09 Å². The van der Waals surface area contributed by atoms with Gasteiger partial charge in [-0.15, -0.1) is 0 Å². The molecule has 2 rings (SSSR count). The number of esters is 1. The largest absolute Gasteiger partial charge is 0.595 e. The summed E-state index contributed by atoms with van der Waals surface area (Å²) in [7, 11) is -4.07. The molecule has 0 radical (unpaired) electrons. The summed E-state index contributed by atoms with van der Waals surface area (Å²) in [5.41, 5.74) is 0.0532. The van der Waals surface area contributed by atoms with Crippen LogP contribution in [-0.2, 0) is 14.1 Å². The molecule has 0 fully saturated rings. The SMILES string of the molecule is CCC(CC)COC(=O)[C@H](C)NP(=O)(Oc1ccccc1)Oc1ccc([NH+]([O-])O)cc1. The topological polar surface area (TPSA) is 122 Å². The van der Waals surface area contributed by atoms with Gasteiger partial charge >= 0.3 is 13.7 Å². The lowest BCUT2D eigenvalue weighted by atomic mass is 10.1. The third-order valence-corrected chi connectivity index (χ3v) is 6.22. The summed E-state index contributed by atoms with van der Waals surface area (Å²) in [5.74, 6) is 0.0774. The number of nitrogens with one attached hydrogen (secondary N) is 2. The molecular weight excluding hydrogens is 423 g/mol. The lowest BCUT2D eigenvalue weighted by Crippen LogP contribution is -2.99. The lowest BCUT2D eigenvalue weighted by molar-refractivity contribution is -0.991. The van der Waals surface area contributed by atoms with Crippen LogP contribution in [-0.4, -0.2) is 23.8 Å². The predicted molar refractivity (Wildman–Crippen MR) is 115 cm³/mol. The molecule has 0 aromatic heterocycles. The number of quaternary nitrogens is 1. The molecular formula is C21H29N2O7P. The zero-order valence-electron chi connectivity index (χ0n) is 17.8.